The van der Waals surface area contributed by atoms with Crippen molar-refractivity contribution in [1.29, 1.82) is 0 Å². The van der Waals surface area contributed by atoms with Crippen molar-refractivity contribution in [3.05, 3.63) is 69.4 Å². The van der Waals surface area contributed by atoms with E-state index in [0.29, 0.717) is 25.4 Å². The molecule has 23 heavy (non-hydrogen) atoms. The predicted molar refractivity (Wildman–Crippen MR) is 82.8 cm³/mol. The van der Waals surface area contributed by atoms with Gasteiger partial charge in [0.05, 0.1) is 13.2 Å². The van der Waals surface area contributed by atoms with Crippen molar-refractivity contribution in [3.8, 4) is 0 Å². The summed E-state index contributed by atoms with van der Waals surface area (Å²) in [5.41, 5.74) is 1.25. The Hall–Kier alpha value is -2.47. The van der Waals surface area contributed by atoms with E-state index in [9.17, 15) is 14.0 Å². The Morgan fingerprint density at radius 3 is 2.70 bits per heavy atom. The van der Waals surface area contributed by atoms with Crippen LogP contribution in [0.15, 0.2) is 41.2 Å². The van der Waals surface area contributed by atoms with Crippen LogP contribution in [0.4, 0.5) is 4.39 Å². The third-order valence-corrected chi connectivity index (χ3v) is 3.88. The van der Waals surface area contributed by atoms with Crippen molar-refractivity contribution in [2.45, 2.75) is 13.0 Å². The molecule has 0 spiro atoms. The number of carbonyl (C=O) groups is 1. The molecule has 1 atom stereocenters. The molecule has 120 valence electrons. The summed E-state index contributed by atoms with van der Waals surface area (Å²) >= 11 is 0. The first kappa shape index (κ1) is 15.4. The van der Waals surface area contributed by atoms with Crippen molar-refractivity contribution in [1.82, 2.24) is 9.88 Å². The largest absolute Gasteiger partial charge is 0.370 e. The number of ether oxygens (including phenoxy) is 1. The van der Waals surface area contributed by atoms with Gasteiger partial charge in [-0.1, -0.05) is 12.1 Å². The molecule has 0 unspecified atom stereocenters. The first-order valence-corrected chi connectivity index (χ1v) is 7.41. The number of H-pyrrole nitrogens is 1. The predicted octanol–water partition coefficient (Wildman–Crippen LogP) is 2.04. The summed E-state index contributed by atoms with van der Waals surface area (Å²) < 4.78 is 18.7. The number of hydrogen-bond donors (Lipinski definition) is 1. The number of nitrogens with one attached hydrogen (secondary N) is 1. The summed E-state index contributed by atoms with van der Waals surface area (Å²) in [5, 5.41) is 0. The van der Waals surface area contributed by atoms with Crippen LogP contribution in [0.25, 0.3) is 0 Å². The fourth-order valence-corrected chi connectivity index (χ4v) is 2.62. The standard InChI is InChI=1S/C17H17FN2O3/c1-11-2-7-14(16(21)19-11)17(22)20-8-9-23-15(10-20)12-3-5-13(18)6-4-12/h2-7,15H,8-10H2,1H3,(H,19,21)/t15-/m1/s1. The van der Waals surface area contributed by atoms with E-state index in [-0.39, 0.29) is 29.0 Å². The van der Waals surface area contributed by atoms with Gasteiger partial charge in [-0.05, 0) is 36.8 Å². The molecule has 0 radical (unpaired) electrons. The molecule has 1 N–H and O–H groups in total. The van der Waals surface area contributed by atoms with Crippen LogP contribution in [0.3, 0.4) is 0 Å². The highest BCUT2D eigenvalue weighted by Crippen LogP contribution is 2.23. The lowest BCUT2D eigenvalue weighted by Crippen LogP contribution is -2.43. The molecule has 1 fully saturated rings. The average Bonchev–Trinajstić information content (AvgIpc) is 2.55. The first-order chi connectivity index (χ1) is 11.0. The molecule has 0 aliphatic carbocycles. The highest BCUT2D eigenvalue weighted by Gasteiger charge is 2.27. The molecule has 3 rings (SSSR count). The molecule has 6 heteroatoms. The second-order valence-electron chi connectivity index (χ2n) is 5.55. The van der Waals surface area contributed by atoms with Crippen molar-refractivity contribution >= 4 is 5.91 Å². The minimum Gasteiger partial charge on any atom is -0.370 e. The van der Waals surface area contributed by atoms with Gasteiger partial charge in [0.2, 0.25) is 0 Å². The van der Waals surface area contributed by atoms with Gasteiger partial charge in [0.25, 0.3) is 11.5 Å². The van der Waals surface area contributed by atoms with Crippen LogP contribution in [0.5, 0.6) is 0 Å². The maximum Gasteiger partial charge on any atom is 0.260 e. The third-order valence-electron chi connectivity index (χ3n) is 3.88. The summed E-state index contributed by atoms with van der Waals surface area (Å²) in [6.07, 6.45) is -0.321. The van der Waals surface area contributed by atoms with Crippen molar-refractivity contribution in [2.75, 3.05) is 19.7 Å². The van der Waals surface area contributed by atoms with E-state index < -0.39 is 0 Å². The van der Waals surface area contributed by atoms with Gasteiger partial charge in [0, 0.05) is 12.2 Å². The molecule has 5 nitrogen and oxygen atoms in total. The molecule has 0 saturated carbocycles. The number of pyridine rings is 1. The minimum absolute atomic E-state index is 0.121. The monoisotopic (exact) mass is 316 g/mol. The van der Waals surface area contributed by atoms with Crippen LogP contribution < -0.4 is 5.56 Å². The van der Waals surface area contributed by atoms with Gasteiger partial charge in [-0.25, -0.2) is 4.39 Å². The molecule has 1 amide bonds. The van der Waals surface area contributed by atoms with E-state index in [4.69, 9.17) is 4.74 Å². The number of rotatable bonds is 2. The lowest BCUT2D eigenvalue weighted by Gasteiger charge is -2.33. The lowest BCUT2D eigenvalue weighted by atomic mass is 10.1. The number of morpholine rings is 1. The Morgan fingerprint density at radius 2 is 2.00 bits per heavy atom. The summed E-state index contributed by atoms with van der Waals surface area (Å²) in [5.74, 6) is -0.634. The number of halogens is 1. The van der Waals surface area contributed by atoms with Gasteiger partial charge in [-0.15, -0.1) is 0 Å². The molecule has 1 aromatic heterocycles. The van der Waals surface area contributed by atoms with Gasteiger partial charge in [0.1, 0.15) is 17.5 Å². The molecule has 1 aliphatic rings. The summed E-state index contributed by atoms with van der Waals surface area (Å²) in [6.45, 7) is 2.88. The summed E-state index contributed by atoms with van der Waals surface area (Å²) in [4.78, 5) is 28.7. The van der Waals surface area contributed by atoms with Gasteiger partial charge < -0.3 is 14.6 Å². The van der Waals surface area contributed by atoms with E-state index in [1.807, 2.05) is 0 Å². The molecule has 1 saturated heterocycles. The highest BCUT2D eigenvalue weighted by atomic mass is 19.1. The van der Waals surface area contributed by atoms with Crippen molar-refractivity contribution in [2.24, 2.45) is 0 Å². The van der Waals surface area contributed by atoms with E-state index in [2.05, 4.69) is 4.98 Å². The summed E-state index contributed by atoms with van der Waals surface area (Å²) in [7, 11) is 0. The lowest BCUT2D eigenvalue weighted by molar-refractivity contribution is -0.0229. The molecule has 1 aliphatic heterocycles. The second kappa shape index (κ2) is 6.34. The molecular formula is C17H17FN2O3. The Labute approximate surface area is 132 Å². The van der Waals surface area contributed by atoms with E-state index >= 15 is 0 Å². The van der Waals surface area contributed by atoms with Gasteiger partial charge in [-0.3, -0.25) is 9.59 Å². The zero-order valence-corrected chi connectivity index (χ0v) is 12.7. The van der Waals surface area contributed by atoms with Crippen LogP contribution >= 0.6 is 0 Å². The Kier molecular flexibility index (Phi) is 4.25. The quantitative estimate of drug-likeness (QED) is 0.922. The number of aromatic amines is 1. The van der Waals surface area contributed by atoms with Crippen LogP contribution in [-0.2, 0) is 4.74 Å². The van der Waals surface area contributed by atoms with Crippen molar-refractivity contribution in [3.63, 3.8) is 0 Å². The SMILES string of the molecule is Cc1ccc(C(=O)N2CCO[C@@H](c3ccc(F)cc3)C2)c(=O)[nH]1. The number of benzene rings is 1. The molecule has 2 aromatic rings. The molecule has 0 bridgehead atoms. The smallest absolute Gasteiger partial charge is 0.260 e. The van der Waals surface area contributed by atoms with Gasteiger partial charge >= 0.3 is 0 Å². The van der Waals surface area contributed by atoms with Crippen LogP contribution in [0, 0.1) is 12.7 Å². The Morgan fingerprint density at radius 1 is 1.26 bits per heavy atom. The van der Waals surface area contributed by atoms with Crippen LogP contribution in [0.1, 0.15) is 27.7 Å². The Balaban J connectivity index is 1.79. The normalized spacial score (nSPS) is 18.0. The van der Waals surface area contributed by atoms with Crippen molar-refractivity contribution < 1.29 is 13.9 Å². The van der Waals surface area contributed by atoms with Crippen LogP contribution in [0.2, 0.25) is 0 Å². The molecular weight excluding hydrogens is 299 g/mol. The maximum atomic E-state index is 13.0. The highest BCUT2D eigenvalue weighted by molar-refractivity contribution is 5.93. The maximum absolute atomic E-state index is 13.0. The topological polar surface area (TPSA) is 62.4 Å². The number of carbonyl (C=O) groups excluding carboxylic acids is 1. The zero-order chi connectivity index (χ0) is 16.4. The first-order valence-electron chi connectivity index (χ1n) is 7.41. The fraction of sp³-hybridized carbons (Fsp3) is 0.294. The second-order valence-corrected chi connectivity index (χ2v) is 5.55. The third kappa shape index (κ3) is 3.32. The number of aryl methyl sites for hydroxylation is 1. The number of hydrogen-bond acceptors (Lipinski definition) is 3. The zero-order valence-electron chi connectivity index (χ0n) is 12.7. The number of aromatic nitrogens is 1. The van der Waals surface area contributed by atoms with E-state index in [1.54, 1.807) is 36.1 Å². The fourth-order valence-electron chi connectivity index (χ4n) is 2.62. The average molecular weight is 316 g/mol. The van der Waals surface area contributed by atoms with E-state index in [1.165, 1.54) is 12.1 Å². The van der Waals surface area contributed by atoms with Gasteiger partial charge in [0.15, 0.2) is 0 Å². The van der Waals surface area contributed by atoms with Crippen LogP contribution in [-0.4, -0.2) is 35.5 Å². The van der Waals surface area contributed by atoms with E-state index in [0.717, 1.165) is 5.56 Å². The summed E-state index contributed by atoms with van der Waals surface area (Å²) in [6, 6.07) is 9.26. The number of amides is 1. The molecule has 1 aromatic carbocycles. The molecule has 2 heterocycles. The minimum atomic E-state index is -0.389. The number of nitrogens with zero attached hydrogens (tertiary/aromatic N) is 1. The Bertz CT molecular complexity index is 770. The van der Waals surface area contributed by atoms with Gasteiger partial charge in [-0.2, -0.15) is 0 Å².